The summed E-state index contributed by atoms with van der Waals surface area (Å²) < 4.78 is 0. The molecule has 0 rings (SSSR count). The summed E-state index contributed by atoms with van der Waals surface area (Å²) in [7, 11) is 0. The van der Waals surface area contributed by atoms with Crippen LogP contribution in [0.3, 0.4) is 0 Å². The summed E-state index contributed by atoms with van der Waals surface area (Å²) in [6.45, 7) is 16.8. The lowest BCUT2D eigenvalue weighted by Gasteiger charge is -2.29. The Balaban J connectivity index is 3.45. The number of nitrogens with one attached hydrogen (secondary N) is 2. The van der Waals surface area contributed by atoms with Gasteiger partial charge in [0.05, 0.1) is 0 Å². The van der Waals surface area contributed by atoms with Gasteiger partial charge >= 0.3 is 0 Å². The highest BCUT2D eigenvalue weighted by Crippen LogP contribution is 2.24. The minimum absolute atomic E-state index is 0.401. The van der Waals surface area contributed by atoms with Crippen LogP contribution in [-0.2, 0) is 0 Å². The van der Waals surface area contributed by atoms with Crippen molar-refractivity contribution in [3.8, 4) is 0 Å². The summed E-state index contributed by atoms with van der Waals surface area (Å²) >= 11 is 0. The van der Waals surface area contributed by atoms with Crippen molar-refractivity contribution in [2.75, 3.05) is 19.6 Å². The van der Waals surface area contributed by atoms with Crippen LogP contribution in [0.25, 0.3) is 0 Å². The van der Waals surface area contributed by atoms with Crippen molar-refractivity contribution >= 4 is 0 Å². The maximum Gasteiger partial charge on any atom is 0.00790 e. The molecule has 2 heteroatoms. The molecule has 14 heavy (non-hydrogen) atoms. The lowest BCUT2D eigenvalue weighted by Crippen LogP contribution is -2.38. The van der Waals surface area contributed by atoms with E-state index in [9.17, 15) is 0 Å². The predicted molar refractivity (Wildman–Crippen MR) is 64.6 cm³/mol. The molecule has 0 aromatic rings. The van der Waals surface area contributed by atoms with Crippen LogP contribution in [0, 0.1) is 11.3 Å². The summed E-state index contributed by atoms with van der Waals surface area (Å²) in [5.74, 6) is 0.730. The second kappa shape index (κ2) is 6.41. The molecule has 0 bridgehead atoms. The first-order valence-corrected chi connectivity index (χ1v) is 5.80. The average molecular weight is 200 g/mol. The number of hydrogen-bond acceptors (Lipinski definition) is 2. The summed E-state index contributed by atoms with van der Waals surface area (Å²) in [6.07, 6.45) is 0. The molecule has 0 saturated carbocycles. The van der Waals surface area contributed by atoms with E-state index in [2.05, 4.69) is 52.2 Å². The first-order valence-electron chi connectivity index (χ1n) is 5.80. The molecule has 0 heterocycles. The SMILES string of the molecule is CC(C)NCCNCC(C)(C)C(C)C. The predicted octanol–water partition coefficient (Wildman–Crippen LogP) is 2.26. The Morgan fingerprint density at radius 3 is 2.00 bits per heavy atom. The van der Waals surface area contributed by atoms with Crippen LogP contribution in [0.15, 0.2) is 0 Å². The highest BCUT2D eigenvalue weighted by Gasteiger charge is 2.21. The maximum absolute atomic E-state index is 3.50. The Bertz CT molecular complexity index is 139. The largest absolute Gasteiger partial charge is 0.315 e. The van der Waals surface area contributed by atoms with E-state index < -0.39 is 0 Å². The molecule has 0 atom stereocenters. The highest BCUT2D eigenvalue weighted by atomic mass is 15.0. The molecule has 0 aliphatic rings. The minimum atomic E-state index is 0.401. The topological polar surface area (TPSA) is 24.1 Å². The number of rotatable bonds is 7. The molecular formula is C12H28N2. The van der Waals surface area contributed by atoms with Crippen LogP contribution in [-0.4, -0.2) is 25.7 Å². The van der Waals surface area contributed by atoms with Gasteiger partial charge < -0.3 is 10.6 Å². The van der Waals surface area contributed by atoms with Crippen molar-refractivity contribution in [2.45, 2.75) is 47.6 Å². The summed E-state index contributed by atoms with van der Waals surface area (Å²) in [6, 6.07) is 0.593. The lowest BCUT2D eigenvalue weighted by atomic mass is 9.81. The van der Waals surface area contributed by atoms with E-state index in [4.69, 9.17) is 0 Å². The zero-order valence-corrected chi connectivity index (χ0v) is 10.8. The van der Waals surface area contributed by atoms with Gasteiger partial charge in [-0.15, -0.1) is 0 Å². The van der Waals surface area contributed by atoms with Crippen molar-refractivity contribution in [3.05, 3.63) is 0 Å². The molecule has 0 aromatic carbocycles. The molecule has 0 saturated heterocycles. The van der Waals surface area contributed by atoms with Crippen molar-refractivity contribution in [1.82, 2.24) is 10.6 Å². The molecule has 0 unspecified atom stereocenters. The molecule has 2 nitrogen and oxygen atoms in total. The average Bonchev–Trinajstić information content (AvgIpc) is 2.02. The third kappa shape index (κ3) is 6.39. The Morgan fingerprint density at radius 2 is 1.57 bits per heavy atom. The van der Waals surface area contributed by atoms with E-state index in [0.717, 1.165) is 25.6 Å². The first-order chi connectivity index (χ1) is 6.36. The lowest BCUT2D eigenvalue weighted by molar-refractivity contribution is 0.238. The van der Waals surface area contributed by atoms with Crippen molar-refractivity contribution in [1.29, 1.82) is 0 Å². The van der Waals surface area contributed by atoms with E-state index in [1.165, 1.54) is 0 Å². The van der Waals surface area contributed by atoms with E-state index in [1.54, 1.807) is 0 Å². The van der Waals surface area contributed by atoms with Crippen LogP contribution in [0.1, 0.15) is 41.5 Å². The molecule has 0 amide bonds. The fraction of sp³-hybridized carbons (Fsp3) is 1.00. The van der Waals surface area contributed by atoms with Gasteiger partial charge in [-0.25, -0.2) is 0 Å². The smallest absolute Gasteiger partial charge is 0.00790 e. The Labute approximate surface area is 89.9 Å². The fourth-order valence-electron chi connectivity index (χ4n) is 1.06. The maximum atomic E-state index is 3.50. The normalized spacial score (nSPS) is 12.9. The second-order valence-electron chi connectivity index (χ2n) is 5.43. The summed E-state index contributed by atoms with van der Waals surface area (Å²) in [4.78, 5) is 0. The fourth-order valence-corrected chi connectivity index (χ4v) is 1.06. The van der Waals surface area contributed by atoms with Crippen LogP contribution < -0.4 is 10.6 Å². The van der Waals surface area contributed by atoms with Gasteiger partial charge in [-0.05, 0) is 11.3 Å². The summed E-state index contributed by atoms with van der Waals surface area (Å²) in [5.41, 5.74) is 0.401. The van der Waals surface area contributed by atoms with Crippen LogP contribution in [0.4, 0.5) is 0 Å². The number of hydrogen-bond donors (Lipinski definition) is 2. The van der Waals surface area contributed by atoms with Crippen LogP contribution in [0.5, 0.6) is 0 Å². The van der Waals surface area contributed by atoms with Gasteiger partial charge in [-0.3, -0.25) is 0 Å². The van der Waals surface area contributed by atoms with Gasteiger partial charge in [0.25, 0.3) is 0 Å². The molecular weight excluding hydrogens is 172 g/mol. The van der Waals surface area contributed by atoms with Gasteiger partial charge in [0, 0.05) is 25.7 Å². The van der Waals surface area contributed by atoms with Crippen LogP contribution >= 0.6 is 0 Å². The molecule has 86 valence electrons. The molecule has 2 N–H and O–H groups in total. The highest BCUT2D eigenvalue weighted by molar-refractivity contribution is 4.75. The van der Waals surface area contributed by atoms with Gasteiger partial charge in [0.15, 0.2) is 0 Å². The zero-order chi connectivity index (χ0) is 11.2. The van der Waals surface area contributed by atoms with Crippen molar-refractivity contribution in [2.24, 2.45) is 11.3 Å². The molecule has 0 aliphatic carbocycles. The zero-order valence-electron chi connectivity index (χ0n) is 10.8. The quantitative estimate of drug-likeness (QED) is 0.616. The van der Waals surface area contributed by atoms with Gasteiger partial charge in [0.1, 0.15) is 0 Å². The Hall–Kier alpha value is -0.0800. The second-order valence-corrected chi connectivity index (χ2v) is 5.43. The first kappa shape index (κ1) is 13.9. The van der Waals surface area contributed by atoms with Gasteiger partial charge in [0.2, 0.25) is 0 Å². The Morgan fingerprint density at radius 1 is 1.00 bits per heavy atom. The third-order valence-corrected chi connectivity index (χ3v) is 3.00. The molecule has 0 radical (unpaired) electrons. The molecule has 0 aliphatic heterocycles. The van der Waals surface area contributed by atoms with Gasteiger partial charge in [-0.1, -0.05) is 41.5 Å². The van der Waals surface area contributed by atoms with Crippen LogP contribution in [0.2, 0.25) is 0 Å². The van der Waals surface area contributed by atoms with E-state index in [-0.39, 0.29) is 0 Å². The van der Waals surface area contributed by atoms with E-state index >= 15 is 0 Å². The molecule has 0 aromatic heterocycles. The summed E-state index contributed by atoms with van der Waals surface area (Å²) in [5, 5.41) is 6.90. The monoisotopic (exact) mass is 200 g/mol. The van der Waals surface area contributed by atoms with E-state index in [0.29, 0.717) is 11.5 Å². The Kier molecular flexibility index (Phi) is 6.38. The minimum Gasteiger partial charge on any atom is -0.315 e. The molecule has 0 fully saturated rings. The van der Waals surface area contributed by atoms with Crippen molar-refractivity contribution < 1.29 is 0 Å². The van der Waals surface area contributed by atoms with Crippen molar-refractivity contribution in [3.63, 3.8) is 0 Å². The van der Waals surface area contributed by atoms with Gasteiger partial charge in [-0.2, -0.15) is 0 Å². The van der Waals surface area contributed by atoms with E-state index in [1.807, 2.05) is 0 Å². The molecule has 0 spiro atoms. The third-order valence-electron chi connectivity index (χ3n) is 3.00. The standard InChI is InChI=1S/C12H28N2/c1-10(2)12(5,6)9-13-7-8-14-11(3)4/h10-11,13-14H,7-9H2,1-6H3.